The first kappa shape index (κ1) is 14.4. The molecule has 1 rings (SSSR count). The summed E-state index contributed by atoms with van der Waals surface area (Å²) >= 11 is 0.995. The van der Waals surface area contributed by atoms with Crippen LogP contribution in [0.2, 0.25) is 0 Å². The van der Waals surface area contributed by atoms with Crippen LogP contribution >= 0.6 is 11.3 Å². The molecule has 0 radical (unpaired) electrons. The van der Waals surface area contributed by atoms with Gasteiger partial charge >= 0.3 is 0 Å². The SMILES string of the molecule is CCS(=O)(=O)CCNS(=O)(=O)c1cc(N)cs1. The standard InChI is InChI=1S/C8H14N2O4S3/c1-2-16(11,12)4-3-10-17(13,14)8-5-7(9)6-15-8/h5-6,10H,2-4,9H2,1H3. The van der Waals surface area contributed by atoms with Crippen molar-refractivity contribution in [1.29, 1.82) is 0 Å². The lowest BCUT2D eigenvalue weighted by molar-refractivity contribution is 0.583. The van der Waals surface area contributed by atoms with E-state index < -0.39 is 19.9 Å². The number of sulfonamides is 1. The number of rotatable bonds is 6. The van der Waals surface area contributed by atoms with Gasteiger partial charge in [-0.2, -0.15) is 0 Å². The lowest BCUT2D eigenvalue weighted by Crippen LogP contribution is -2.29. The fraction of sp³-hybridized carbons (Fsp3) is 0.500. The number of nitrogens with one attached hydrogen (secondary N) is 1. The van der Waals surface area contributed by atoms with Gasteiger partial charge in [0.25, 0.3) is 0 Å². The third-order valence-corrected chi connectivity index (χ3v) is 6.63. The fourth-order valence-corrected chi connectivity index (χ4v) is 4.01. The van der Waals surface area contributed by atoms with Crippen LogP contribution < -0.4 is 10.5 Å². The minimum atomic E-state index is -3.65. The van der Waals surface area contributed by atoms with Crippen LogP contribution in [0.15, 0.2) is 15.7 Å². The second-order valence-electron chi connectivity index (χ2n) is 3.33. The molecule has 0 aliphatic heterocycles. The number of anilines is 1. The van der Waals surface area contributed by atoms with Crippen LogP contribution in [0.4, 0.5) is 5.69 Å². The third kappa shape index (κ3) is 4.26. The molecule has 0 amide bonds. The first-order valence-corrected chi connectivity index (χ1v) is 8.99. The Kier molecular flexibility index (Phi) is 4.53. The van der Waals surface area contributed by atoms with Gasteiger partial charge in [-0.05, 0) is 6.07 Å². The summed E-state index contributed by atoms with van der Waals surface area (Å²) in [5, 5.41) is 1.51. The highest BCUT2D eigenvalue weighted by Crippen LogP contribution is 2.20. The Bertz CT molecular complexity index is 574. The van der Waals surface area contributed by atoms with Crippen LogP contribution in [0.25, 0.3) is 0 Å². The fourth-order valence-electron chi connectivity index (χ4n) is 1.02. The zero-order chi connectivity index (χ0) is 13.1. The Hall–Kier alpha value is -0.640. The molecule has 0 aromatic carbocycles. The maximum Gasteiger partial charge on any atom is 0.250 e. The van der Waals surface area contributed by atoms with E-state index in [1.54, 1.807) is 0 Å². The molecule has 0 fully saturated rings. The van der Waals surface area contributed by atoms with Crippen molar-refractivity contribution >= 4 is 36.9 Å². The van der Waals surface area contributed by atoms with Gasteiger partial charge in [-0.3, -0.25) is 0 Å². The monoisotopic (exact) mass is 298 g/mol. The maximum atomic E-state index is 11.7. The van der Waals surface area contributed by atoms with E-state index in [4.69, 9.17) is 5.73 Å². The van der Waals surface area contributed by atoms with Crippen molar-refractivity contribution in [1.82, 2.24) is 4.72 Å². The third-order valence-electron chi connectivity index (χ3n) is 2.01. The quantitative estimate of drug-likeness (QED) is 0.771. The van der Waals surface area contributed by atoms with E-state index in [2.05, 4.69) is 4.72 Å². The number of thiophene rings is 1. The largest absolute Gasteiger partial charge is 0.398 e. The molecular formula is C8H14N2O4S3. The van der Waals surface area contributed by atoms with Crippen LogP contribution in [0.1, 0.15) is 6.92 Å². The maximum absolute atomic E-state index is 11.7. The lowest BCUT2D eigenvalue weighted by atomic mass is 10.6. The number of nitrogens with two attached hydrogens (primary N) is 1. The molecule has 0 saturated carbocycles. The Balaban J connectivity index is 2.64. The highest BCUT2D eigenvalue weighted by Gasteiger charge is 2.17. The van der Waals surface area contributed by atoms with Gasteiger partial charge in [0.2, 0.25) is 10.0 Å². The van der Waals surface area contributed by atoms with Gasteiger partial charge in [0.1, 0.15) is 4.21 Å². The number of hydrogen-bond acceptors (Lipinski definition) is 6. The van der Waals surface area contributed by atoms with E-state index in [1.165, 1.54) is 18.4 Å². The first-order chi connectivity index (χ1) is 7.77. The van der Waals surface area contributed by atoms with Crippen molar-refractivity contribution in [3.63, 3.8) is 0 Å². The Morgan fingerprint density at radius 3 is 2.47 bits per heavy atom. The summed E-state index contributed by atoms with van der Waals surface area (Å²) in [7, 11) is -6.81. The summed E-state index contributed by atoms with van der Waals surface area (Å²) in [4.78, 5) is 0. The average Bonchev–Trinajstić information content (AvgIpc) is 2.65. The highest BCUT2D eigenvalue weighted by atomic mass is 32.2. The minimum Gasteiger partial charge on any atom is -0.398 e. The molecule has 0 bridgehead atoms. The van der Waals surface area contributed by atoms with Gasteiger partial charge in [-0.25, -0.2) is 21.6 Å². The molecule has 6 nitrogen and oxygen atoms in total. The van der Waals surface area contributed by atoms with E-state index in [1.807, 2.05) is 0 Å². The molecule has 0 aliphatic rings. The summed E-state index contributed by atoms with van der Waals surface area (Å²) < 4.78 is 48.0. The second kappa shape index (κ2) is 5.34. The molecule has 17 heavy (non-hydrogen) atoms. The molecule has 0 spiro atoms. The topological polar surface area (TPSA) is 106 Å². The Morgan fingerprint density at radius 1 is 1.35 bits per heavy atom. The van der Waals surface area contributed by atoms with Crippen LogP contribution in [0.5, 0.6) is 0 Å². The van der Waals surface area contributed by atoms with Crippen molar-refractivity contribution in [3.8, 4) is 0 Å². The van der Waals surface area contributed by atoms with Gasteiger partial charge in [0.15, 0.2) is 9.84 Å². The van der Waals surface area contributed by atoms with Crippen molar-refractivity contribution in [2.45, 2.75) is 11.1 Å². The second-order valence-corrected chi connectivity index (χ2v) is 8.71. The zero-order valence-corrected chi connectivity index (χ0v) is 11.7. The van der Waals surface area contributed by atoms with E-state index in [0.29, 0.717) is 5.69 Å². The molecule has 9 heteroatoms. The van der Waals surface area contributed by atoms with Gasteiger partial charge in [-0.15, -0.1) is 11.3 Å². The van der Waals surface area contributed by atoms with Gasteiger partial charge in [-0.1, -0.05) is 6.92 Å². The summed E-state index contributed by atoms with van der Waals surface area (Å²) in [6.07, 6.45) is 0. The lowest BCUT2D eigenvalue weighted by Gasteiger charge is -2.04. The van der Waals surface area contributed by atoms with E-state index in [0.717, 1.165) is 11.3 Å². The van der Waals surface area contributed by atoms with Crippen LogP contribution in [-0.4, -0.2) is 34.9 Å². The van der Waals surface area contributed by atoms with Crippen LogP contribution in [0.3, 0.4) is 0 Å². The van der Waals surface area contributed by atoms with E-state index in [9.17, 15) is 16.8 Å². The molecule has 1 aromatic rings. The predicted molar refractivity (Wildman–Crippen MR) is 68.2 cm³/mol. The summed E-state index contributed by atoms with van der Waals surface area (Å²) in [6.45, 7) is 1.39. The summed E-state index contributed by atoms with van der Waals surface area (Å²) in [5.74, 6) is -0.204. The molecule has 1 heterocycles. The molecule has 0 unspecified atom stereocenters. The van der Waals surface area contributed by atoms with Crippen LogP contribution in [-0.2, 0) is 19.9 Å². The van der Waals surface area contributed by atoms with E-state index >= 15 is 0 Å². The Labute approximate surface area is 105 Å². The Morgan fingerprint density at radius 2 is 2.00 bits per heavy atom. The highest BCUT2D eigenvalue weighted by molar-refractivity contribution is 7.92. The minimum absolute atomic E-state index is 0.000672. The van der Waals surface area contributed by atoms with Gasteiger partial charge in [0, 0.05) is 23.4 Å². The number of nitrogen functional groups attached to an aromatic ring is 1. The first-order valence-electron chi connectivity index (χ1n) is 4.81. The number of sulfone groups is 1. The van der Waals surface area contributed by atoms with Gasteiger partial charge in [0.05, 0.1) is 5.75 Å². The molecular weight excluding hydrogens is 284 g/mol. The summed E-state index contributed by atoms with van der Waals surface area (Å²) in [5.41, 5.74) is 5.79. The molecule has 3 N–H and O–H groups in total. The molecule has 1 aromatic heterocycles. The van der Waals surface area contributed by atoms with E-state index in [-0.39, 0.29) is 22.3 Å². The predicted octanol–water partition coefficient (Wildman–Crippen LogP) is 0.0433. The molecule has 98 valence electrons. The zero-order valence-electron chi connectivity index (χ0n) is 9.21. The van der Waals surface area contributed by atoms with Crippen molar-refractivity contribution in [3.05, 3.63) is 11.4 Å². The normalized spacial score (nSPS) is 12.8. The van der Waals surface area contributed by atoms with Crippen LogP contribution in [0, 0.1) is 0 Å². The average molecular weight is 298 g/mol. The smallest absolute Gasteiger partial charge is 0.250 e. The molecule has 0 atom stereocenters. The van der Waals surface area contributed by atoms with Gasteiger partial charge < -0.3 is 5.73 Å². The van der Waals surface area contributed by atoms with Crippen molar-refractivity contribution in [2.75, 3.05) is 23.8 Å². The van der Waals surface area contributed by atoms with Crippen molar-refractivity contribution in [2.24, 2.45) is 0 Å². The van der Waals surface area contributed by atoms with Crippen molar-refractivity contribution < 1.29 is 16.8 Å². The molecule has 0 saturated heterocycles. The molecule has 0 aliphatic carbocycles. The number of hydrogen-bond donors (Lipinski definition) is 2. The summed E-state index contributed by atoms with van der Waals surface area (Å²) in [6, 6.07) is 1.33.